The molecule has 0 aromatic rings. The summed E-state index contributed by atoms with van der Waals surface area (Å²) in [6.07, 6.45) is -5.82. The summed E-state index contributed by atoms with van der Waals surface area (Å²) in [7, 11) is 1.11. The molecule has 88 valence electrons. The number of rotatable bonds is 3. The average molecular weight is 222 g/mol. The molecule has 0 bridgehead atoms. The van der Waals surface area contributed by atoms with Crippen LogP contribution in [0.4, 0.5) is 0 Å². The van der Waals surface area contributed by atoms with Gasteiger partial charge in [-0.2, -0.15) is 0 Å². The number of aldehydes is 1. The third-order valence-electron chi connectivity index (χ3n) is 2.47. The first-order valence-corrected chi connectivity index (χ1v) is 4.36. The molecular weight excluding hydrogens is 208 g/mol. The number of aliphatic hydroxyl groups is 4. The lowest BCUT2D eigenvalue weighted by molar-refractivity contribution is -0.333. The molecule has 0 aromatic carbocycles. The molecule has 0 radical (unpaired) electrons. The lowest BCUT2D eigenvalue weighted by atomic mass is 9.93. The van der Waals surface area contributed by atoms with E-state index in [-0.39, 0.29) is 6.29 Å². The fourth-order valence-electron chi connectivity index (χ4n) is 1.48. The Balaban J connectivity index is 2.96. The maximum atomic E-state index is 10.8. The van der Waals surface area contributed by atoms with Crippen LogP contribution in [-0.4, -0.2) is 70.6 Å². The lowest BCUT2D eigenvalue weighted by Crippen LogP contribution is -2.66. The van der Waals surface area contributed by atoms with Crippen molar-refractivity contribution in [3.05, 3.63) is 0 Å². The maximum Gasteiger partial charge on any atom is 0.255 e. The predicted octanol–water partition coefficient (Wildman–Crippen LogP) is -3.00. The van der Waals surface area contributed by atoms with Crippen molar-refractivity contribution in [2.75, 3.05) is 13.7 Å². The fourth-order valence-corrected chi connectivity index (χ4v) is 1.48. The van der Waals surface area contributed by atoms with Gasteiger partial charge in [-0.05, 0) is 0 Å². The van der Waals surface area contributed by atoms with Gasteiger partial charge in [0.15, 0.2) is 6.29 Å². The summed E-state index contributed by atoms with van der Waals surface area (Å²) in [4.78, 5) is 10.8. The van der Waals surface area contributed by atoms with Crippen LogP contribution in [0.2, 0.25) is 0 Å². The van der Waals surface area contributed by atoms with Gasteiger partial charge in [0, 0.05) is 7.11 Å². The van der Waals surface area contributed by atoms with Crippen LogP contribution in [-0.2, 0) is 14.3 Å². The molecule has 1 heterocycles. The molecule has 15 heavy (non-hydrogen) atoms. The van der Waals surface area contributed by atoms with Gasteiger partial charge in [0.05, 0.1) is 6.61 Å². The summed E-state index contributed by atoms with van der Waals surface area (Å²) in [6.45, 7) is -0.607. The number of carbonyl (C=O) groups is 1. The first kappa shape index (κ1) is 12.5. The summed E-state index contributed by atoms with van der Waals surface area (Å²) < 4.78 is 9.58. The standard InChI is InChI=1S/C8H14O7/c1-14-8(3-10)7(13)6(12)5(11)4(2-9)15-8/h3-7,9,11-13H,2H2,1H3/t4-,5-,6+,7+,8?/m1/s1. The van der Waals surface area contributed by atoms with Crippen LogP contribution >= 0.6 is 0 Å². The Kier molecular flexibility index (Phi) is 3.77. The number of ether oxygens (including phenoxy) is 2. The monoisotopic (exact) mass is 222 g/mol. The molecule has 1 fully saturated rings. The van der Waals surface area contributed by atoms with Crippen LogP contribution in [0.25, 0.3) is 0 Å². The van der Waals surface area contributed by atoms with Crippen molar-refractivity contribution in [2.45, 2.75) is 30.2 Å². The largest absolute Gasteiger partial charge is 0.394 e. The van der Waals surface area contributed by atoms with E-state index in [1.54, 1.807) is 0 Å². The van der Waals surface area contributed by atoms with Gasteiger partial charge in [0.25, 0.3) is 5.79 Å². The molecule has 5 atom stereocenters. The third-order valence-corrected chi connectivity index (χ3v) is 2.47. The van der Waals surface area contributed by atoms with Crippen LogP contribution in [0, 0.1) is 0 Å². The molecule has 1 aliphatic rings. The van der Waals surface area contributed by atoms with E-state index in [1.807, 2.05) is 0 Å². The molecule has 4 N–H and O–H groups in total. The third kappa shape index (κ3) is 1.89. The molecule has 1 aliphatic heterocycles. The van der Waals surface area contributed by atoms with E-state index < -0.39 is 36.8 Å². The number of methoxy groups -OCH3 is 1. The number of hydrogen-bond acceptors (Lipinski definition) is 7. The maximum absolute atomic E-state index is 10.8. The first-order chi connectivity index (χ1) is 7.02. The lowest BCUT2D eigenvalue weighted by Gasteiger charge is -2.44. The Morgan fingerprint density at radius 2 is 2.00 bits per heavy atom. The minimum absolute atomic E-state index is 0.176. The summed E-state index contributed by atoms with van der Waals surface area (Å²) in [5.41, 5.74) is 0. The van der Waals surface area contributed by atoms with E-state index in [9.17, 15) is 20.1 Å². The molecule has 1 rings (SSSR count). The van der Waals surface area contributed by atoms with E-state index in [0.717, 1.165) is 7.11 Å². The van der Waals surface area contributed by atoms with E-state index in [0.29, 0.717) is 0 Å². The van der Waals surface area contributed by atoms with Crippen molar-refractivity contribution in [1.82, 2.24) is 0 Å². The highest BCUT2D eigenvalue weighted by Crippen LogP contribution is 2.29. The normalized spacial score (nSPS) is 46.5. The molecule has 0 aliphatic carbocycles. The van der Waals surface area contributed by atoms with Gasteiger partial charge in [0.1, 0.15) is 24.4 Å². The summed E-state index contributed by atoms with van der Waals surface area (Å²) >= 11 is 0. The number of carbonyl (C=O) groups excluding carboxylic acids is 1. The van der Waals surface area contributed by atoms with Crippen LogP contribution in [0.15, 0.2) is 0 Å². The Bertz CT molecular complexity index is 231. The second-order valence-corrected chi connectivity index (χ2v) is 3.31. The van der Waals surface area contributed by atoms with E-state index in [2.05, 4.69) is 4.74 Å². The Morgan fingerprint density at radius 1 is 1.40 bits per heavy atom. The minimum atomic E-state index is -2.05. The van der Waals surface area contributed by atoms with E-state index in [1.165, 1.54) is 0 Å². The first-order valence-electron chi connectivity index (χ1n) is 4.36. The Hall–Kier alpha value is -0.570. The highest BCUT2D eigenvalue weighted by Gasteiger charge is 2.54. The van der Waals surface area contributed by atoms with Crippen LogP contribution in [0.1, 0.15) is 0 Å². The Morgan fingerprint density at radius 3 is 2.40 bits per heavy atom. The zero-order chi connectivity index (χ0) is 11.6. The molecule has 1 unspecified atom stereocenters. The topological polar surface area (TPSA) is 116 Å². The van der Waals surface area contributed by atoms with Gasteiger partial charge >= 0.3 is 0 Å². The number of hydrogen-bond donors (Lipinski definition) is 4. The zero-order valence-corrected chi connectivity index (χ0v) is 8.11. The van der Waals surface area contributed by atoms with Gasteiger partial charge in [0.2, 0.25) is 0 Å². The second-order valence-electron chi connectivity index (χ2n) is 3.31. The van der Waals surface area contributed by atoms with Crippen LogP contribution < -0.4 is 0 Å². The minimum Gasteiger partial charge on any atom is -0.394 e. The second kappa shape index (κ2) is 4.52. The number of aliphatic hydroxyl groups excluding tert-OH is 4. The van der Waals surface area contributed by atoms with Gasteiger partial charge in [-0.1, -0.05) is 0 Å². The molecule has 0 saturated carbocycles. The van der Waals surface area contributed by atoms with Crippen LogP contribution in [0.3, 0.4) is 0 Å². The van der Waals surface area contributed by atoms with Crippen molar-refractivity contribution in [1.29, 1.82) is 0 Å². The van der Waals surface area contributed by atoms with Crippen molar-refractivity contribution in [3.63, 3.8) is 0 Å². The van der Waals surface area contributed by atoms with Crippen molar-refractivity contribution in [3.8, 4) is 0 Å². The van der Waals surface area contributed by atoms with E-state index in [4.69, 9.17) is 9.84 Å². The quantitative estimate of drug-likeness (QED) is 0.376. The molecule has 7 nitrogen and oxygen atoms in total. The average Bonchev–Trinajstić information content (AvgIpc) is 2.27. The molecule has 7 heteroatoms. The fraction of sp³-hybridized carbons (Fsp3) is 0.875. The highest BCUT2D eigenvalue weighted by atomic mass is 16.7. The van der Waals surface area contributed by atoms with Gasteiger partial charge in [-0.25, -0.2) is 0 Å². The smallest absolute Gasteiger partial charge is 0.255 e. The summed E-state index contributed by atoms with van der Waals surface area (Å²) in [5.74, 6) is -2.05. The van der Waals surface area contributed by atoms with Crippen LogP contribution in [0.5, 0.6) is 0 Å². The van der Waals surface area contributed by atoms with Gasteiger partial charge < -0.3 is 29.9 Å². The highest BCUT2D eigenvalue weighted by molar-refractivity contribution is 5.62. The van der Waals surface area contributed by atoms with Crippen molar-refractivity contribution in [2.24, 2.45) is 0 Å². The predicted molar refractivity (Wildman–Crippen MR) is 45.8 cm³/mol. The molecule has 0 spiro atoms. The molecular formula is C8H14O7. The van der Waals surface area contributed by atoms with Gasteiger partial charge in [-0.15, -0.1) is 0 Å². The van der Waals surface area contributed by atoms with E-state index >= 15 is 0 Å². The summed E-state index contributed by atoms with van der Waals surface area (Å²) in [5, 5.41) is 37.1. The zero-order valence-electron chi connectivity index (χ0n) is 8.11. The molecule has 0 aromatic heterocycles. The molecule has 1 saturated heterocycles. The van der Waals surface area contributed by atoms with Crippen molar-refractivity contribution >= 4 is 6.29 Å². The van der Waals surface area contributed by atoms with Gasteiger partial charge in [-0.3, -0.25) is 4.79 Å². The SMILES string of the molecule is COC1(C=O)O[C@H](CO)[C@@H](O)[C@H](O)[C@@H]1O. The molecule has 0 amide bonds. The Labute approximate surface area is 85.9 Å². The summed E-state index contributed by atoms with van der Waals surface area (Å²) in [6, 6.07) is 0. The van der Waals surface area contributed by atoms with Crippen molar-refractivity contribution < 1.29 is 34.7 Å².